The van der Waals surface area contributed by atoms with E-state index < -0.39 is 9.85 Å². The predicted molar refractivity (Wildman–Crippen MR) is 138 cm³/mol. The SMILES string of the molecule is COc1cc([N+](=O)[O-])cc2c1c1c3c(OC)cc([N+](=O)[O-])cc3n(C)c3cc(=[N+](C)C)cc(c13)n2C. The number of pyridine rings is 2. The van der Waals surface area contributed by atoms with Crippen molar-refractivity contribution < 1.29 is 19.3 Å². The first-order chi connectivity index (χ1) is 17.1. The summed E-state index contributed by atoms with van der Waals surface area (Å²) in [5.74, 6) is 0.649. The van der Waals surface area contributed by atoms with Gasteiger partial charge in [0.25, 0.3) is 11.4 Å². The number of hydrogen-bond donors (Lipinski definition) is 0. The van der Waals surface area contributed by atoms with E-state index in [1.165, 1.54) is 38.5 Å². The molecule has 0 saturated carbocycles. The van der Waals surface area contributed by atoms with Crippen LogP contribution in [0.5, 0.6) is 11.5 Å². The van der Waals surface area contributed by atoms with Crippen LogP contribution in [0.2, 0.25) is 0 Å². The van der Waals surface area contributed by atoms with Crippen molar-refractivity contribution in [3.63, 3.8) is 0 Å². The van der Waals surface area contributed by atoms with E-state index in [1.54, 1.807) is 0 Å². The van der Waals surface area contributed by atoms with Crippen molar-refractivity contribution >= 4 is 55.0 Å². The molecule has 0 bridgehead atoms. The van der Waals surface area contributed by atoms with Gasteiger partial charge in [-0.2, -0.15) is 0 Å². The topological polar surface area (TPSA) is 118 Å². The van der Waals surface area contributed by atoms with Gasteiger partial charge < -0.3 is 18.6 Å². The molecule has 2 heterocycles. The van der Waals surface area contributed by atoms with Crippen molar-refractivity contribution in [2.75, 3.05) is 28.3 Å². The van der Waals surface area contributed by atoms with E-state index in [1.807, 2.05) is 54.0 Å². The lowest BCUT2D eigenvalue weighted by Crippen LogP contribution is -2.22. The highest BCUT2D eigenvalue weighted by molar-refractivity contribution is 6.30. The lowest BCUT2D eigenvalue weighted by atomic mass is 9.96. The van der Waals surface area contributed by atoms with Gasteiger partial charge in [-0.05, 0) is 0 Å². The molecule has 0 N–H and O–H groups in total. The standard InChI is InChI=1S/C25H24N5O6/c1-26(2)13-7-16-22-17(8-13)28(4)19-10-15(30(33)34)12-21(36-6)24(19)25(22)23-18(27(16)3)9-14(29(31)32)11-20(23)35-5/h7-12H,1-6H3/q+1. The second-order valence-electron chi connectivity index (χ2n) is 8.85. The van der Waals surface area contributed by atoms with E-state index in [4.69, 9.17) is 9.47 Å². The zero-order valence-corrected chi connectivity index (χ0v) is 20.6. The average molecular weight is 490 g/mol. The van der Waals surface area contributed by atoms with Gasteiger partial charge >= 0.3 is 0 Å². The number of fused-ring (bicyclic) bond motifs is 4. The minimum Gasteiger partial charge on any atom is -0.496 e. The molecule has 5 rings (SSSR count). The van der Waals surface area contributed by atoms with Crippen LogP contribution in [0.4, 0.5) is 11.4 Å². The zero-order valence-electron chi connectivity index (χ0n) is 20.6. The Bertz CT molecular complexity index is 1740. The third kappa shape index (κ3) is 3.09. The van der Waals surface area contributed by atoms with Gasteiger partial charge in [0.05, 0.1) is 58.3 Å². The highest BCUT2D eigenvalue weighted by atomic mass is 16.6. The highest BCUT2D eigenvalue weighted by Gasteiger charge is 2.25. The van der Waals surface area contributed by atoms with Gasteiger partial charge in [0, 0.05) is 59.9 Å². The number of nitro benzene ring substituents is 2. The smallest absolute Gasteiger partial charge is 0.275 e. The van der Waals surface area contributed by atoms with Crippen molar-refractivity contribution in [1.82, 2.24) is 13.7 Å². The van der Waals surface area contributed by atoms with Crippen molar-refractivity contribution in [3.05, 3.63) is 62.0 Å². The summed E-state index contributed by atoms with van der Waals surface area (Å²) in [6.07, 6.45) is 0. The summed E-state index contributed by atoms with van der Waals surface area (Å²) in [7, 11) is 10.5. The van der Waals surface area contributed by atoms with E-state index in [0.717, 1.165) is 27.2 Å². The van der Waals surface area contributed by atoms with Crippen LogP contribution >= 0.6 is 0 Å². The molecular formula is C25H24N5O6+. The molecule has 0 aliphatic heterocycles. The molecule has 3 aromatic carbocycles. The molecule has 5 aromatic rings. The molecule has 2 aromatic heterocycles. The monoisotopic (exact) mass is 490 g/mol. The van der Waals surface area contributed by atoms with Gasteiger partial charge in [-0.1, -0.05) is 0 Å². The molecule has 0 aliphatic rings. The van der Waals surface area contributed by atoms with Gasteiger partial charge in [0.15, 0.2) is 0 Å². The van der Waals surface area contributed by atoms with E-state index >= 15 is 0 Å². The molecule has 184 valence electrons. The summed E-state index contributed by atoms with van der Waals surface area (Å²) in [5.41, 5.74) is 2.63. The first-order valence-corrected chi connectivity index (χ1v) is 11.0. The van der Waals surface area contributed by atoms with Gasteiger partial charge in [0.2, 0.25) is 5.36 Å². The minimum atomic E-state index is -0.453. The molecule has 36 heavy (non-hydrogen) atoms. The van der Waals surface area contributed by atoms with Crippen molar-refractivity contribution in [3.8, 4) is 11.5 Å². The molecular weight excluding hydrogens is 466 g/mol. The number of nitrogens with zero attached hydrogens (tertiary/aromatic N) is 5. The maximum Gasteiger partial charge on any atom is 0.275 e. The summed E-state index contributed by atoms with van der Waals surface area (Å²) in [5, 5.41) is 27.3. The lowest BCUT2D eigenvalue weighted by molar-refractivity contribution is -0.385. The number of aromatic nitrogens is 2. The molecule has 0 spiro atoms. The van der Waals surface area contributed by atoms with E-state index in [2.05, 4.69) is 0 Å². The van der Waals surface area contributed by atoms with Gasteiger partial charge in [-0.3, -0.25) is 20.2 Å². The molecule has 0 amide bonds. The number of aryl methyl sites for hydroxylation is 2. The number of non-ortho nitro benzene ring substituents is 2. The Morgan fingerprint density at radius 1 is 0.639 bits per heavy atom. The third-order valence-electron chi connectivity index (χ3n) is 6.79. The number of ether oxygens (including phenoxy) is 2. The van der Waals surface area contributed by atoms with E-state index in [-0.39, 0.29) is 11.4 Å². The maximum atomic E-state index is 11.7. The Morgan fingerprint density at radius 2 is 1.03 bits per heavy atom. The fourth-order valence-electron chi connectivity index (χ4n) is 5.01. The molecule has 0 saturated heterocycles. The lowest BCUT2D eigenvalue weighted by Gasteiger charge is -2.22. The van der Waals surface area contributed by atoms with Crippen LogP contribution in [0, 0.1) is 20.2 Å². The summed E-state index contributed by atoms with van der Waals surface area (Å²) in [6.45, 7) is 0. The number of hydrogen-bond acceptors (Lipinski definition) is 6. The van der Waals surface area contributed by atoms with Gasteiger partial charge in [-0.25, -0.2) is 4.58 Å². The first-order valence-electron chi connectivity index (χ1n) is 11.0. The second kappa shape index (κ2) is 7.94. The summed E-state index contributed by atoms with van der Waals surface area (Å²) in [6, 6.07) is 9.87. The van der Waals surface area contributed by atoms with Crippen molar-refractivity contribution in [2.24, 2.45) is 14.1 Å². The number of rotatable bonds is 4. The molecule has 11 nitrogen and oxygen atoms in total. The Morgan fingerprint density at radius 3 is 1.36 bits per heavy atom. The largest absolute Gasteiger partial charge is 0.496 e. The summed E-state index contributed by atoms with van der Waals surface area (Å²) >= 11 is 0. The van der Waals surface area contributed by atoms with Crippen LogP contribution in [0.25, 0.3) is 43.6 Å². The maximum absolute atomic E-state index is 11.7. The number of methoxy groups -OCH3 is 2. The summed E-state index contributed by atoms with van der Waals surface area (Å²) < 4.78 is 17.1. The summed E-state index contributed by atoms with van der Waals surface area (Å²) in [4.78, 5) is 22.6. The second-order valence-corrected chi connectivity index (χ2v) is 8.85. The van der Waals surface area contributed by atoms with E-state index in [9.17, 15) is 20.2 Å². The number of benzene rings is 3. The fourth-order valence-corrected chi connectivity index (χ4v) is 5.01. The van der Waals surface area contributed by atoms with Crippen molar-refractivity contribution in [2.45, 2.75) is 0 Å². The Balaban J connectivity index is 2.27. The molecule has 0 unspecified atom stereocenters. The normalized spacial score (nSPS) is 11.5. The Hall–Kier alpha value is -4.67. The fraction of sp³-hybridized carbons (Fsp3) is 0.240. The molecule has 0 atom stereocenters. The van der Waals surface area contributed by atoms with Crippen LogP contribution in [0.15, 0.2) is 36.4 Å². The highest BCUT2D eigenvalue weighted by Crippen LogP contribution is 2.46. The van der Waals surface area contributed by atoms with Crippen molar-refractivity contribution in [1.29, 1.82) is 0 Å². The molecule has 11 heteroatoms. The third-order valence-corrected chi connectivity index (χ3v) is 6.79. The predicted octanol–water partition coefficient (Wildman–Crippen LogP) is 3.84. The van der Waals surface area contributed by atoms with Crippen LogP contribution in [0.1, 0.15) is 0 Å². The van der Waals surface area contributed by atoms with Gasteiger partial charge in [0.1, 0.15) is 25.6 Å². The van der Waals surface area contributed by atoms with E-state index in [0.29, 0.717) is 33.3 Å². The van der Waals surface area contributed by atoms with Gasteiger partial charge in [-0.15, -0.1) is 0 Å². The quantitative estimate of drug-likeness (QED) is 0.124. The molecule has 0 aliphatic carbocycles. The van der Waals surface area contributed by atoms with Crippen LogP contribution < -0.4 is 19.4 Å². The minimum absolute atomic E-state index is 0.102. The van der Waals surface area contributed by atoms with Crippen LogP contribution in [-0.2, 0) is 14.1 Å². The first kappa shape index (κ1) is 23.1. The zero-order chi connectivity index (χ0) is 26.0. The molecule has 0 fully saturated rings. The Kier molecular flexibility index (Phi) is 5.09. The number of nitro groups is 2. The molecule has 0 radical (unpaired) electrons. The van der Waals surface area contributed by atoms with Crippen LogP contribution in [0.3, 0.4) is 0 Å². The Labute approximate surface area is 204 Å². The average Bonchev–Trinajstić information content (AvgIpc) is 2.86. The van der Waals surface area contributed by atoms with Crippen LogP contribution in [-0.4, -0.2) is 47.3 Å².